The van der Waals surface area contributed by atoms with Crippen molar-refractivity contribution in [3.63, 3.8) is 0 Å². The molecule has 3 rings (SSSR count). The van der Waals surface area contributed by atoms with Crippen molar-refractivity contribution in [3.05, 3.63) is 59.7 Å². The van der Waals surface area contributed by atoms with Gasteiger partial charge in [-0.15, -0.1) is 0 Å². The molecule has 0 fully saturated rings. The maximum absolute atomic E-state index is 12.6. The van der Waals surface area contributed by atoms with Crippen LogP contribution in [0, 0.1) is 0 Å². The molecule has 3 N–H and O–H groups in total. The van der Waals surface area contributed by atoms with E-state index in [2.05, 4.69) is 10.1 Å². The summed E-state index contributed by atoms with van der Waals surface area (Å²) in [7, 11) is 0. The van der Waals surface area contributed by atoms with Crippen LogP contribution in [0.3, 0.4) is 0 Å². The third-order valence-corrected chi connectivity index (χ3v) is 4.51. The van der Waals surface area contributed by atoms with Crippen LogP contribution in [0.5, 0.6) is 0 Å². The lowest BCUT2D eigenvalue weighted by atomic mass is 9.85. The number of hydrogen-bond acceptors (Lipinski definition) is 6. The Labute approximate surface area is 169 Å². The van der Waals surface area contributed by atoms with Gasteiger partial charge >= 0.3 is 18.1 Å². The summed E-state index contributed by atoms with van der Waals surface area (Å²) in [5, 5.41) is 2.65. The SMILES string of the molecule is NCCNC(=O)CN1c2ccccc2C(C(=O)OC(=O)C(F)(F)F)c2ccccc21. The Morgan fingerprint density at radius 3 is 2.03 bits per heavy atom. The van der Waals surface area contributed by atoms with Crippen molar-refractivity contribution >= 4 is 29.2 Å². The first-order chi connectivity index (χ1) is 14.2. The van der Waals surface area contributed by atoms with Crippen LogP contribution in [0.25, 0.3) is 0 Å². The Hall–Kier alpha value is -3.40. The highest BCUT2D eigenvalue weighted by Crippen LogP contribution is 2.45. The summed E-state index contributed by atoms with van der Waals surface area (Å²) in [4.78, 5) is 37.7. The molecular formula is C20H18F3N3O4. The number of fused-ring (bicyclic) bond motifs is 2. The Morgan fingerprint density at radius 2 is 1.53 bits per heavy atom. The smallest absolute Gasteiger partial charge is 0.386 e. The molecule has 0 spiro atoms. The number of anilines is 2. The second kappa shape index (κ2) is 8.54. The number of amides is 1. The minimum Gasteiger partial charge on any atom is -0.386 e. The van der Waals surface area contributed by atoms with E-state index in [1.54, 1.807) is 53.4 Å². The molecule has 1 heterocycles. The van der Waals surface area contributed by atoms with Crippen LogP contribution in [0.15, 0.2) is 48.5 Å². The first-order valence-corrected chi connectivity index (χ1v) is 8.99. The zero-order chi connectivity index (χ0) is 21.9. The Kier molecular flexibility index (Phi) is 6.06. The average Bonchev–Trinajstić information content (AvgIpc) is 2.71. The Bertz CT molecular complexity index is 930. The van der Waals surface area contributed by atoms with E-state index in [1.165, 1.54) is 0 Å². The first-order valence-electron chi connectivity index (χ1n) is 8.99. The fraction of sp³-hybridized carbons (Fsp3) is 0.250. The minimum absolute atomic E-state index is 0.0999. The lowest BCUT2D eigenvalue weighted by Gasteiger charge is -2.36. The normalized spacial score (nSPS) is 13.3. The van der Waals surface area contributed by atoms with Crippen LogP contribution in [0.4, 0.5) is 24.5 Å². The van der Waals surface area contributed by atoms with Gasteiger partial charge in [0.2, 0.25) is 5.91 Å². The number of rotatable bonds is 5. The fourth-order valence-corrected chi connectivity index (χ4v) is 3.30. The molecule has 158 valence electrons. The number of ether oxygens (including phenoxy) is 1. The number of alkyl halides is 3. The lowest BCUT2D eigenvalue weighted by Crippen LogP contribution is -2.40. The maximum atomic E-state index is 12.6. The number of carbonyl (C=O) groups is 3. The van der Waals surface area contributed by atoms with E-state index < -0.39 is 24.0 Å². The number of nitrogens with two attached hydrogens (primary N) is 1. The summed E-state index contributed by atoms with van der Waals surface area (Å²) in [5.41, 5.74) is 6.93. The van der Waals surface area contributed by atoms with Crippen LogP contribution >= 0.6 is 0 Å². The second-order valence-electron chi connectivity index (χ2n) is 6.48. The van der Waals surface area contributed by atoms with E-state index in [9.17, 15) is 27.6 Å². The largest absolute Gasteiger partial charge is 0.491 e. The van der Waals surface area contributed by atoms with Crippen LogP contribution < -0.4 is 16.0 Å². The Morgan fingerprint density at radius 1 is 1.00 bits per heavy atom. The van der Waals surface area contributed by atoms with Gasteiger partial charge in [-0.05, 0) is 23.3 Å². The molecule has 0 unspecified atom stereocenters. The second-order valence-corrected chi connectivity index (χ2v) is 6.48. The molecule has 2 aromatic carbocycles. The molecule has 0 aromatic heterocycles. The summed E-state index contributed by atoms with van der Waals surface area (Å²) in [6.45, 7) is 0.446. The molecule has 0 aliphatic carbocycles. The molecule has 1 aliphatic heterocycles. The zero-order valence-electron chi connectivity index (χ0n) is 15.6. The minimum atomic E-state index is -5.30. The van der Waals surface area contributed by atoms with E-state index in [4.69, 9.17) is 5.73 Å². The van der Waals surface area contributed by atoms with Crippen molar-refractivity contribution in [1.29, 1.82) is 0 Å². The van der Waals surface area contributed by atoms with Gasteiger partial charge in [-0.2, -0.15) is 13.2 Å². The molecule has 0 radical (unpaired) electrons. The quantitative estimate of drug-likeness (QED) is 0.566. The highest BCUT2D eigenvalue weighted by molar-refractivity contribution is 5.98. The third kappa shape index (κ3) is 4.28. The predicted molar refractivity (Wildman–Crippen MR) is 101 cm³/mol. The van der Waals surface area contributed by atoms with Crippen molar-refractivity contribution in [1.82, 2.24) is 5.32 Å². The van der Waals surface area contributed by atoms with Crippen molar-refractivity contribution in [2.45, 2.75) is 12.1 Å². The molecule has 0 saturated heterocycles. The van der Waals surface area contributed by atoms with Gasteiger partial charge in [-0.1, -0.05) is 36.4 Å². The third-order valence-electron chi connectivity index (χ3n) is 4.51. The van der Waals surface area contributed by atoms with Crippen molar-refractivity contribution in [2.75, 3.05) is 24.5 Å². The summed E-state index contributed by atoms with van der Waals surface area (Å²) >= 11 is 0. The first kappa shape index (κ1) is 21.3. The molecule has 10 heteroatoms. The van der Waals surface area contributed by atoms with Gasteiger partial charge in [0.1, 0.15) is 12.5 Å². The molecule has 2 aromatic rings. The van der Waals surface area contributed by atoms with Gasteiger partial charge in [0.05, 0.1) is 0 Å². The monoisotopic (exact) mass is 421 g/mol. The van der Waals surface area contributed by atoms with E-state index in [-0.39, 0.29) is 25.5 Å². The molecule has 0 bridgehead atoms. The lowest BCUT2D eigenvalue weighted by molar-refractivity contribution is -0.202. The number of nitrogens with zero attached hydrogens (tertiary/aromatic N) is 1. The van der Waals surface area contributed by atoms with E-state index in [1.807, 2.05) is 0 Å². The molecule has 1 amide bonds. The Balaban J connectivity index is 2.02. The van der Waals surface area contributed by atoms with Crippen LogP contribution in [-0.4, -0.2) is 43.7 Å². The van der Waals surface area contributed by atoms with Gasteiger partial charge in [0, 0.05) is 24.5 Å². The van der Waals surface area contributed by atoms with Gasteiger partial charge < -0.3 is 20.7 Å². The van der Waals surface area contributed by atoms with E-state index >= 15 is 0 Å². The maximum Gasteiger partial charge on any atom is 0.491 e. The van der Waals surface area contributed by atoms with Gasteiger partial charge in [0.25, 0.3) is 0 Å². The molecule has 0 atom stereocenters. The van der Waals surface area contributed by atoms with E-state index in [0.717, 1.165) is 0 Å². The fourth-order valence-electron chi connectivity index (χ4n) is 3.30. The van der Waals surface area contributed by atoms with Crippen LogP contribution in [-0.2, 0) is 19.1 Å². The number of hydrogen-bond donors (Lipinski definition) is 2. The number of benzene rings is 2. The summed E-state index contributed by atoms with van der Waals surface area (Å²) in [6, 6.07) is 12.9. The van der Waals surface area contributed by atoms with Gasteiger partial charge in [-0.25, -0.2) is 4.79 Å². The summed E-state index contributed by atoms with van der Waals surface area (Å²) in [6.07, 6.45) is -5.30. The summed E-state index contributed by atoms with van der Waals surface area (Å²) < 4.78 is 41.9. The molecule has 30 heavy (non-hydrogen) atoms. The predicted octanol–water partition coefficient (Wildman–Crippen LogP) is 1.98. The number of nitrogens with one attached hydrogen (secondary N) is 1. The van der Waals surface area contributed by atoms with Gasteiger partial charge in [0.15, 0.2) is 0 Å². The zero-order valence-corrected chi connectivity index (χ0v) is 15.6. The molecular weight excluding hydrogens is 403 g/mol. The van der Waals surface area contributed by atoms with Crippen LogP contribution in [0.2, 0.25) is 0 Å². The van der Waals surface area contributed by atoms with Crippen molar-refractivity contribution in [2.24, 2.45) is 5.73 Å². The van der Waals surface area contributed by atoms with Gasteiger partial charge in [-0.3, -0.25) is 9.59 Å². The van der Waals surface area contributed by atoms with Crippen molar-refractivity contribution in [3.8, 4) is 0 Å². The number of esters is 2. The number of carbonyl (C=O) groups excluding carboxylic acids is 3. The van der Waals surface area contributed by atoms with E-state index in [0.29, 0.717) is 22.5 Å². The highest BCUT2D eigenvalue weighted by atomic mass is 19.4. The highest BCUT2D eigenvalue weighted by Gasteiger charge is 2.45. The standard InChI is InChI=1S/C20H18F3N3O4/c21-20(22,23)19(29)30-18(28)17-12-5-1-3-7-14(12)26(11-16(27)25-10-9-24)15-8-4-2-6-13(15)17/h1-8,17H,9-11,24H2,(H,25,27). The average molecular weight is 421 g/mol. The number of halogens is 3. The number of para-hydroxylation sites is 2. The molecule has 0 saturated carbocycles. The molecule has 7 nitrogen and oxygen atoms in total. The van der Waals surface area contributed by atoms with Crippen molar-refractivity contribution < 1.29 is 32.3 Å². The topological polar surface area (TPSA) is 102 Å². The van der Waals surface area contributed by atoms with Crippen LogP contribution in [0.1, 0.15) is 17.0 Å². The molecule has 1 aliphatic rings. The summed E-state index contributed by atoms with van der Waals surface area (Å²) in [5.74, 6) is -5.50.